The predicted molar refractivity (Wildman–Crippen MR) is 95.1 cm³/mol. The van der Waals surface area contributed by atoms with Crippen molar-refractivity contribution in [2.45, 2.75) is 25.9 Å². The third-order valence-electron chi connectivity index (χ3n) is 3.93. The molecule has 4 nitrogen and oxygen atoms in total. The molecule has 1 aliphatic rings. The lowest BCUT2D eigenvalue weighted by Crippen LogP contribution is -2.17. The van der Waals surface area contributed by atoms with E-state index in [4.69, 9.17) is 21.1 Å². The van der Waals surface area contributed by atoms with E-state index in [-0.39, 0.29) is 12.0 Å². The number of ether oxygens (including phenoxy) is 2. The summed E-state index contributed by atoms with van der Waals surface area (Å²) in [5.74, 6) is 0.441. The van der Waals surface area contributed by atoms with Crippen LogP contribution in [0, 0.1) is 6.92 Å². The summed E-state index contributed by atoms with van der Waals surface area (Å²) >= 11 is 6.16. The van der Waals surface area contributed by atoms with Crippen molar-refractivity contribution in [2.75, 3.05) is 18.5 Å². The Bertz CT molecular complexity index is 726. The highest BCUT2D eigenvalue weighted by Gasteiger charge is 2.16. The van der Waals surface area contributed by atoms with Crippen LogP contribution in [-0.4, -0.2) is 25.2 Å². The van der Waals surface area contributed by atoms with Crippen LogP contribution in [0.3, 0.4) is 0 Å². The van der Waals surface area contributed by atoms with Gasteiger partial charge in [-0.05, 0) is 55.7 Å². The van der Waals surface area contributed by atoms with Gasteiger partial charge in [0.1, 0.15) is 12.4 Å². The van der Waals surface area contributed by atoms with Gasteiger partial charge in [-0.25, -0.2) is 0 Å². The van der Waals surface area contributed by atoms with Gasteiger partial charge in [0.05, 0.1) is 16.8 Å². The van der Waals surface area contributed by atoms with Crippen molar-refractivity contribution in [3.05, 3.63) is 58.6 Å². The number of carbonyl (C=O) groups excluding carboxylic acids is 1. The number of halogens is 1. The van der Waals surface area contributed by atoms with Crippen LogP contribution in [0.4, 0.5) is 5.69 Å². The highest BCUT2D eigenvalue weighted by Crippen LogP contribution is 2.24. The topological polar surface area (TPSA) is 47.6 Å². The first-order valence-corrected chi connectivity index (χ1v) is 8.41. The van der Waals surface area contributed by atoms with Crippen molar-refractivity contribution in [2.24, 2.45) is 0 Å². The largest absolute Gasteiger partial charge is 0.491 e. The Morgan fingerprint density at radius 1 is 1.33 bits per heavy atom. The Morgan fingerprint density at radius 2 is 2.21 bits per heavy atom. The number of nitrogens with one attached hydrogen (secondary N) is 1. The first-order chi connectivity index (χ1) is 11.6. The van der Waals surface area contributed by atoms with Crippen LogP contribution in [-0.2, 0) is 4.74 Å². The van der Waals surface area contributed by atoms with E-state index in [9.17, 15) is 4.79 Å². The Labute approximate surface area is 146 Å². The highest BCUT2D eigenvalue weighted by atomic mass is 35.5. The normalized spacial score (nSPS) is 16.8. The third-order valence-corrected chi connectivity index (χ3v) is 4.24. The molecule has 0 spiro atoms. The number of benzene rings is 2. The van der Waals surface area contributed by atoms with Gasteiger partial charge in [-0.3, -0.25) is 4.79 Å². The Kier molecular flexibility index (Phi) is 5.38. The van der Waals surface area contributed by atoms with E-state index in [0.29, 0.717) is 28.6 Å². The standard InChI is InChI=1S/C19H20ClNO3/c1-13-7-8-18(17(20)10-13)21-19(22)14-4-2-5-15(11-14)24-12-16-6-3-9-23-16/h2,4-5,7-8,10-11,16H,3,6,9,12H2,1H3,(H,21,22). The number of hydrogen-bond acceptors (Lipinski definition) is 3. The van der Waals surface area contributed by atoms with Gasteiger partial charge in [-0.15, -0.1) is 0 Å². The molecule has 0 aliphatic carbocycles. The minimum Gasteiger partial charge on any atom is -0.491 e. The lowest BCUT2D eigenvalue weighted by Gasteiger charge is -2.12. The molecule has 2 aromatic carbocycles. The maximum absolute atomic E-state index is 12.4. The van der Waals surface area contributed by atoms with Crippen LogP contribution >= 0.6 is 11.6 Å². The van der Waals surface area contributed by atoms with Crippen LogP contribution in [0.2, 0.25) is 5.02 Å². The zero-order valence-corrected chi connectivity index (χ0v) is 14.3. The number of hydrogen-bond donors (Lipinski definition) is 1. The molecule has 1 heterocycles. The summed E-state index contributed by atoms with van der Waals surface area (Å²) in [5, 5.41) is 3.35. The molecule has 1 aliphatic heterocycles. The average Bonchev–Trinajstić information content (AvgIpc) is 3.09. The van der Waals surface area contributed by atoms with Crippen LogP contribution in [0.25, 0.3) is 0 Å². The molecule has 1 N–H and O–H groups in total. The molecular formula is C19H20ClNO3. The molecule has 0 radical (unpaired) electrons. The van der Waals surface area contributed by atoms with E-state index in [1.807, 2.05) is 25.1 Å². The van der Waals surface area contributed by atoms with Crippen molar-refractivity contribution in [3.63, 3.8) is 0 Å². The smallest absolute Gasteiger partial charge is 0.255 e. The summed E-state index contributed by atoms with van der Waals surface area (Å²) in [6.45, 7) is 3.26. The zero-order chi connectivity index (χ0) is 16.9. The summed E-state index contributed by atoms with van der Waals surface area (Å²) in [6.07, 6.45) is 2.24. The van der Waals surface area contributed by atoms with Gasteiger partial charge < -0.3 is 14.8 Å². The second-order valence-electron chi connectivity index (χ2n) is 5.91. The minimum absolute atomic E-state index is 0.147. The number of rotatable bonds is 5. The molecule has 1 fully saturated rings. The molecule has 2 aromatic rings. The molecule has 24 heavy (non-hydrogen) atoms. The van der Waals surface area contributed by atoms with Gasteiger partial charge in [0.15, 0.2) is 0 Å². The van der Waals surface area contributed by atoms with Gasteiger partial charge in [0, 0.05) is 12.2 Å². The molecular weight excluding hydrogens is 326 g/mol. The molecule has 1 unspecified atom stereocenters. The maximum Gasteiger partial charge on any atom is 0.255 e. The summed E-state index contributed by atoms with van der Waals surface area (Å²) < 4.78 is 11.3. The highest BCUT2D eigenvalue weighted by molar-refractivity contribution is 6.34. The molecule has 0 bridgehead atoms. The molecule has 0 saturated carbocycles. The average molecular weight is 346 g/mol. The van der Waals surface area contributed by atoms with E-state index in [1.165, 1.54) is 0 Å². The third kappa shape index (κ3) is 4.28. The van der Waals surface area contributed by atoms with E-state index >= 15 is 0 Å². The number of anilines is 1. The first kappa shape index (κ1) is 16.8. The van der Waals surface area contributed by atoms with Gasteiger partial charge in [-0.2, -0.15) is 0 Å². The van der Waals surface area contributed by atoms with Crippen molar-refractivity contribution < 1.29 is 14.3 Å². The number of amides is 1. The minimum atomic E-state index is -0.219. The summed E-state index contributed by atoms with van der Waals surface area (Å²) in [5.41, 5.74) is 2.16. The van der Waals surface area contributed by atoms with Crippen LogP contribution < -0.4 is 10.1 Å². The fourth-order valence-corrected chi connectivity index (χ4v) is 2.89. The Hall–Kier alpha value is -2.04. The Balaban J connectivity index is 1.65. The lowest BCUT2D eigenvalue weighted by atomic mass is 10.2. The summed E-state index contributed by atoms with van der Waals surface area (Å²) in [7, 11) is 0. The monoisotopic (exact) mass is 345 g/mol. The molecule has 5 heteroatoms. The van der Waals surface area contributed by atoms with Crippen molar-refractivity contribution >= 4 is 23.2 Å². The molecule has 3 rings (SSSR count). The quantitative estimate of drug-likeness (QED) is 0.870. The van der Waals surface area contributed by atoms with E-state index in [2.05, 4.69) is 5.32 Å². The van der Waals surface area contributed by atoms with Gasteiger partial charge in [-0.1, -0.05) is 23.7 Å². The second kappa shape index (κ2) is 7.69. The van der Waals surface area contributed by atoms with Crippen LogP contribution in [0.5, 0.6) is 5.75 Å². The van der Waals surface area contributed by atoms with Crippen LogP contribution in [0.15, 0.2) is 42.5 Å². The van der Waals surface area contributed by atoms with Gasteiger partial charge in [0.2, 0.25) is 0 Å². The zero-order valence-electron chi connectivity index (χ0n) is 13.5. The second-order valence-corrected chi connectivity index (χ2v) is 6.32. The molecule has 1 atom stereocenters. The number of carbonyl (C=O) groups is 1. The Morgan fingerprint density at radius 3 is 2.96 bits per heavy atom. The fraction of sp³-hybridized carbons (Fsp3) is 0.316. The van der Waals surface area contributed by atoms with Crippen LogP contribution in [0.1, 0.15) is 28.8 Å². The molecule has 1 amide bonds. The SMILES string of the molecule is Cc1ccc(NC(=O)c2cccc(OCC3CCCO3)c2)c(Cl)c1. The van der Waals surface area contributed by atoms with Gasteiger partial charge >= 0.3 is 0 Å². The molecule has 0 aromatic heterocycles. The summed E-state index contributed by atoms with van der Waals surface area (Å²) in [6, 6.07) is 12.6. The van der Waals surface area contributed by atoms with Crippen molar-refractivity contribution in [3.8, 4) is 5.75 Å². The van der Waals surface area contributed by atoms with Crippen molar-refractivity contribution in [1.29, 1.82) is 0 Å². The van der Waals surface area contributed by atoms with Crippen molar-refractivity contribution in [1.82, 2.24) is 0 Å². The van der Waals surface area contributed by atoms with Gasteiger partial charge in [0.25, 0.3) is 5.91 Å². The predicted octanol–water partition coefficient (Wildman–Crippen LogP) is 4.46. The molecule has 1 saturated heterocycles. The van der Waals surface area contributed by atoms with E-state index in [1.54, 1.807) is 24.3 Å². The summed E-state index contributed by atoms with van der Waals surface area (Å²) in [4.78, 5) is 12.4. The maximum atomic E-state index is 12.4. The lowest BCUT2D eigenvalue weighted by molar-refractivity contribution is 0.0679. The first-order valence-electron chi connectivity index (χ1n) is 8.04. The molecule has 126 valence electrons. The van der Waals surface area contributed by atoms with E-state index < -0.39 is 0 Å². The van der Waals surface area contributed by atoms with E-state index in [0.717, 1.165) is 25.0 Å². The number of aryl methyl sites for hydroxylation is 1. The fourth-order valence-electron chi connectivity index (χ4n) is 2.61.